The maximum atomic E-state index is 11.8. The highest BCUT2D eigenvalue weighted by Crippen LogP contribution is 2.12. The van der Waals surface area contributed by atoms with E-state index >= 15 is 0 Å². The van der Waals surface area contributed by atoms with Crippen molar-refractivity contribution in [3.63, 3.8) is 0 Å². The van der Waals surface area contributed by atoms with Crippen LogP contribution in [0.25, 0.3) is 0 Å². The number of carbonyl (C=O) groups is 2. The first-order valence-electron chi connectivity index (χ1n) is 6.88. The predicted molar refractivity (Wildman–Crippen MR) is 78.5 cm³/mol. The van der Waals surface area contributed by atoms with Gasteiger partial charge >= 0.3 is 0 Å². The average molecular weight is 286 g/mol. The second-order valence-corrected chi connectivity index (χ2v) is 4.73. The zero-order chi connectivity index (χ0) is 15.1. The number of hydrogen-bond donors (Lipinski definition) is 2. The molecular weight excluding hydrogens is 268 g/mol. The molecule has 21 heavy (non-hydrogen) atoms. The number of ether oxygens (including phenoxy) is 1. The van der Waals surface area contributed by atoms with E-state index in [-0.39, 0.29) is 24.5 Å². The molecule has 5 nitrogen and oxygen atoms in total. The summed E-state index contributed by atoms with van der Waals surface area (Å²) in [6, 6.07) is 8.56. The summed E-state index contributed by atoms with van der Waals surface area (Å²) in [4.78, 5) is 23.3. The summed E-state index contributed by atoms with van der Waals surface area (Å²) < 4.78 is 5.34. The van der Waals surface area contributed by atoms with Gasteiger partial charge in [0.25, 0.3) is 5.91 Å². The highest BCUT2D eigenvalue weighted by molar-refractivity contribution is 5.93. The molecule has 0 radical (unpaired) electrons. The minimum Gasteiger partial charge on any atom is -0.484 e. The molecule has 5 heteroatoms. The third kappa shape index (κ3) is 4.25. The lowest BCUT2D eigenvalue weighted by atomic mass is 9.94. The smallest absolute Gasteiger partial charge is 0.258 e. The van der Waals surface area contributed by atoms with Gasteiger partial charge in [-0.2, -0.15) is 0 Å². The van der Waals surface area contributed by atoms with Gasteiger partial charge in [-0.25, -0.2) is 0 Å². The predicted octanol–water partition coefficient (Wildman–Crippen LogP) is 0.852. The van der Waals surface area contributed by atoms with Gasteiger partial charge in [0.15, 0.2) is 6.61 Å². The minimum atomic E-state index is -0.476. The lowest BCUT2D eigenvalue weighted by Gasteiger charge is -2.36. The number of amides is 2. The highest BCUT2D eigenvalue weighted by atomic mass is 16.5. The van der Waals surface area contributed by atoms with Crippen LogP contribution in [0.1, 0.15) is 19.8 Å². The monoisotopic (exact) mass is 286 g/mol. The second kappa shape index (κ2) is 7.34. The SMILES string of the molecule is CC#CCC[C@H]1NC(=O)[C@H]1NC(=O)COc1ccccc1. The van der Waals surface area contributed by atoms with Crippen molar-refractivity contribution in [2.24, 2.45) is 0 Å². The maximum absolute atomic E-state index is 11.8. The number of hydrogen-bond acceptors (Lipinski definition) is 3. The maximum Gasteiger partial charge on any atom is 0.258 e. The molecule has 2 atom stereocenters. The molecule has 0 aromatic heterocycles. The lowest BCUT2D eigenvalue weighted by Crippen LogP contribution is -2.69. The summed E-state index contributed by atoms with van der Waals surface area (Å²) >= 11 is 0. The summed E-state index contributed by atoms with van der Waals surface area (Å²) in [7, 11) is 0. The summed E-state index contributed by atoms with van der Waals surface area (Å²) in [5, 5.41) is 5.46. The molecule has 0 unspecified atom stereocenters. The number of benzene rings is 1. The number of β-lactam (4-membered cyclic amide) rings is 1. The van der Waals surface area contributed by atoms with Gasteiger partial charge in [-0.3, -0.25) is 9.59 Å². The molecule has 1 fully saturated rings. The summed E-state index contributed by atoms with van der Waals surface area (Å²) in [6.45, 7) is 1.68. The van der Waals surface area contributed by atoms with Crippen LogP contribution in [0.15, 0.2) is 30.3 Å². The minimum absolute atomic E-state index is 0.0426. The van der Waals surface area contributed by atoms with Crippen molar-refractivity contribution in [1.29, 1.82) is 0 Å². The first kappa shape index (κ1) is 14.9. The molecule has 1 aromatic carbocycles. The Balaban J connectivity index is 1.75. The number of para-hydroxylation sites is 1. The van der Waals surface area contributed by atoms with E-state index in [1.807, 2.05) is 18.2 Å². The fourth-order valence-electron chi connectivity index (χ4n) is 2.08. The molecule has 1 saturated heterocycles. The van der Waals surface area contributed by atoms with Crippen molar-refractivity contribution in [3.05, 3.63) is 30.3 Å². The molecule has 1 heterocycles. The molecule has 2 rings (SSSR count). The third-order valence-electron chi connectivity index (χ3n) is 3.20. The first-order valence-corrected chi connectivity index (χ1v) is 6.88. The van der Waals surface area contributed by atoms with Gasteiger partial charge in [0, 0.05) is 6.42 Å². The van der Waals surface area contributed by atoms with Gasteiger partial charge in [0.2, 0.25) is 5.91 Å². The fourth-order valence-corrected chi connectivity index (χ4v) is 2.08. The van der Waals surface area contributed by atoms with E-state index in [0.29, 0.717) is 12.2 Å². The van der Waals surface area contributed by atoms with E-state index in [0.717, 1.165) is 6.42 Å². The van der Waals surface area contributed by atoms with Crippen molar-refractivity contribution in [2.45, 2.75) is 31.8 Å². The van der Waals surface area contributed by atoms with Crippen molar-refractivity contribution in [1.82, 2.24) is 10.6 Å². The first-order chi connectivity index (χ1) is 10.2. The van der Waals surface area contributed by atoms with E-state index in [4.69, 9.17) is 4.74 Å². The molecule has 1 aliphatic rings. The molecule has 0 bridgehead atoms. The molecule has 1 aromatic rings. The average Bonchev–Trinajstić information content (AvgIpc) is 2.51. The lowest BCUT2D eigenvalue weighted by molar-refractivity contribution is -0.137. The van der Waals surface area contributed by atoms with Gasteiger partial charge < -0.3 is 15.4 Å². The summed E-state index contributed by atoms with van der Waals surface area (Å²) in [5.74, 6) is 5.92. The summed E-state index contributed by atoms with van der Waals surface area (Å²) in [5.41, 5.74) is 0. The molecule has 110 valence electrons. The standard InChI is InChI=1S/C16H18N2O3/c1-2-3-5-10-13-15(16(20)17-13)18-14(19)11-21-12-8-6-4-7-9-12/h4,6-9,13,15H,5,10-11H2,1H3,(H,17,20)(H,18,19)/t13-,15+/m1/s1. The van der Waals surface area contributed by atoms with Gasteiger partial charge in [-0.1, -0.05) is 18.2 Å². The Morgan fingerprint density at radius 2 is 2.14 bits per heavy atom. The molecule has 2 N–H and O–H groups in total. The fraction of sp³-hybridized carbons (Fsp3) is 0.375. The van der Waals surface area contributed by atoms with E-state index < -0.39 is 6.04 Å². The molecule has 0 spiro atoms. The van der Waals surface area contributed by atoms with Crippen molar-refractivity contribution in [2.75, 3.05) is 6.61 Å². The highest BCUT2D eigenvalue weighted by Gasteiger charge is 2.39. The topological polar surface area (TPSA) is 67.4 Å². The van der Waals surface area contributed by atoms with E-state index in [1.165, 1.54) is 0 Å². The molecule has 1 aliphatic heterocycles. The number of nitrogens with one attached hydrogen (secondary N) is 2. The van der Waals surface area contributed by atoms with Crippen molar-refractivity contribution < 1.29 is 14.3 Å². The Bertz CT molecular complexity index is 560. The van der Waals surface area contributed by atoms with Crippen LogP contribution >= 0.6 is 0 Å². The van der Waals surface area contributed by atoms with Crippen molar-refractivity contribution in [3.8, 4) is 17.6 Å². The Hall–Kier alpha value is -2.48. The van der Waals surface area contributed by atoms with E-state index in [9.17, 15) is 9.59 Å². The van der Waals surface area contributed by atoms with Crippen LogP contribution in [-0.4, -0.2) is 30.5 Å². The van der Waals surface area contributed by atoms with Gasteiger partial charge in [-0.15, -0.1) is 11.8 Å². The van der Waals surface area contributed by atoms with Crippen LogP contribution in [-0.2, 0) is 9.59 Å². The van der Waals surface area contributed by atoms with Crippen LogP contribution in [0.3, 0.4) is 0 Å². The normalized spacial score (nSPS) is 19.6. The van der Waals surface area contributed by atoms with Crippen LogP contribution in [0.2, 0.25) is 0 Å². The van der Waals surface area contributed by atoms with Crippen LogP contribution in [0.5, 0.6) is 5.75 Å². The zero-order valence-electron chi connectivity index (χ0n) is 11.9. The quantitative estimate of drug-likeness (QED) is 0.602. The molecular formula is C16H18N2O3. The Morgan fingerprint density at radius 3 is 2.81 bits per heavy atom. The number of carbonyl (C=O) groups excluding carboxylic acids is 2. The van der Waals surface area contributed by atoms with E-state index in [1.54, 1.807) is 19.1 Å². The van der Waals surface area contributed by atoms with Gasteiger partial charge in [0.05, 0.1) is 6.04 Å². The van der Waals surface area contributed by atoms with E-state index in [2.05, 4.69) is 22.5 Å². The molecule has 0 aliphatic carbocycles. The zero-order valence-corrected chi connectivity index (χ0v) is 11.9. The van der Waals surface area contributed by atoms with Gasteiger partial charge in [-0.05, 0) is 25.5 Å². The molecule has 0 saturated carbocycles. The number of rotatable bonds is 6. The Labute approximate surface area is 124 Å². The largest absolute Gasteiger partial charge is 0.484 e. The van der Waals surface area contributed by atoms with Gasteiger partial charge in [0.1, 0.15) is 11.8 Å². The van der Waals surface area contributed by atoms with Crippen LogP contribution in [0.4, 0.5) is 0 Å². The van der Waals surface area contributed by atoms with Crippen LogP contribution < -0.4 is 15.4 Å². The van der Waals surface area contributed by atoms with Crippen LogP contribution in [0, 0.1) is 11.8 Å². The van der Waals surface area contributed by atoms with Crippen molar-refractivity contribution >= 4 is 11.8 Å². The third-order valence-corrected chi connectivity index (χ3v) is 3.20. The Morgan fingerprint density at radius 1 is 1.38 bits per heavy atom. The Kier molecular flexibility index (Phi) is 5.22. The second-order valence-electron chi connectivity index (χ2n) is 4.73. The molecule has 2 amide bonds. The summed E-state index contributed by atoms with van der Waals surface area (Å²) in [6.07, 6.45) is 1.44.